The van der Waals surface area contributed by atoms with E-state index in [4.69, 9.17) is 11.6 Å². The predicted molar refractivity (Wildman–Crippen MR) is 79.4 cm³/mol. The molecule has 108 valence electrons. The molecular weight excluding hydrogens is 294 g/mol. The van der Waals surface area contributed by atoms with E-state index in [1.807, 2.05) is 16.7 Å². The highest BCUT2D eigenvalue weighted by atomic mass is 35.5. The van der Waals surface area contributed by atoms with Crippen molar-refractivity contribution >= 4 is 22.6 Å². The minimum absolute atomic E-state index is 0.206. The van der Waals surface area contributed by atoms with Gasteiger partial charge in [-0.3, -0.25) is 0 Å². The zero-order valence-electron chi connectivity index (χ0n) is 11.2. The van der Waals surface area contributed by atoms with Gasteiger partial charge in [-0.1, -0.05) is 18.2 Å². The predicted octanol–water partition coefficient (Wildman–Crippen LogP) is 4.30. The lowest BCUT2D eigenvalue weighted by Crippen LogP contribution is -2.05. The SMILES string of the molecule is Fc1cccc(CCn2c(CCl)nc3c(F)cccc32)c1. The monoisotopic (exact) mass is 306 g/mol. The van der Waals surface area contributed by atoms with Crippen LogP contribution in [-0.4, -0.2) is 9.55 Å². The molecule has 0 aliphatic carbocycles. The van der Waals surface area contributed by atoms with Crippen LogP contribution in [0.2, 0.25) is 0 Å². The van der Waals surface area contributed by atoms with Crippen molar-refractivity contribution in [3.63, 3.8) is 0 Å². The third kappa shape index (κ3) is 2.76. The summed E-state index contributed by atoms with van der Waals surface area (Å²) in [6.07, 6.45) is 0.629. The average molecular weight is 307 g/mol. The number of fused-ring (bicyclic) bond motifs is 1. The van der Waals surface area contributed by atoms with Crippen molar-refractivity contribution in [2.45, 2.75) is 18.8 Å². The number of benzene rings is 2. The van der Waals surface area contributed by atoms with Crippen molar-refractivity contribution in [3.8, 4) is 0 Å². The zero-order valence-corrected chi connectivity index (χ0v) is 11.9. The maximum absolute atomic E-state index is 13.8. The average Bonchev–Trinajstić information content (AvgIpc) is 2.84. The van der Waals surface area contributed by atoms with Crippen LogP contribution in [0.5, 0.6) is 0 Å². The molecule has 0 fully saturated rings. The Morgan fingerprint density at radius 1 is 1.10 bits per heavy atom. The lowest BCUT2D eigenvalue weighted by molar-refractivity contribution is 0.621. The summed E-state index contributed by atoms with van der Waals surface area (Å²) in [5, 5.41) is 0. The quantitative estimate of drug-likeness (QED) is 0.657. The molecule has 0 atom stereocenters. The first-order valence-electron chi connectivity index (χ1n) is 6.63. The van der Waals surface area contributed by atoms with E-state index in [1.54, 1.807) is 12.1 Å². The second-order valence-electron chi connectivity index (χ2n) is 4.80. The lowest BCUT2D eigenvalue weighted by atomic mass is 10.1. The van der Waals surface area contributed by atoms with Gasteiger partial charge in [-0.2, -0.15) is 0 Å². The molecule has 0 unspecified atom stereocenters. The smallest absolute Gasteiger partial charge is 0.151 e. The fourth-order valence-electron chi connectivity index (χ4n) is 2.45. The van der Waals surface area contributed by atoms with Crippen molar-refractivity contribution in [2.24, 2.45) is 0 Å². The van der Waals surface area contributed by atoms with Gasteiger partial charge in [-0.05, 0) is 36.2 Å². The van der Waals surface area contributed by atoms with Crippen molar-refractivity contribution in [1.82, 2.24) is 9.55 Å². The number of aromatic nitrogens is 2. The molecule has 1 heterocycles. The summed E-state index contributed by atoms with van der Waals surface area (Å²) >= 11 is 5.90. The lowest BCUT2D eigenvalue weighted by Gasteiger charge is -2.08. The van der Waals surface area contributed by atoms with E-state index < -0.39 is 0 Å². The summed E-state index contributed by atoms with van der Waals surface area (Å²) < 4.78 is 28.8. The van der Waals surface area contributed by atoms with E-state index >= 15 is 0 Å². The number of hydrogen-bond acceptors (Lipinski definition) is 1. The molecule has 2 nitrogen and oxygen atoms in total. The van der Waals surface area contributed by atoms with Crippen LogP contribution in [0.1, 0.15) is 11.4 Å². The molecule has 0 saturated heterocycles. The molecule has 21 heavy (non-hydrogen) atoms. The van der Waals surface area contributed by atoms with Crippen LogP contribution in [0.4, 0.5) is 8.78 Å². The molecule has 2 aromatic carbocycles. The number of nitrogens with zero attached hydrogens (tertiary/aromatic N) is 2. The highest BCUT2D eigenvalue weighted by molar-refractivity contribution is 6.16. The maximum atomic E-state index is 13.8. The molecule has 0 amide bonds. The molecule has 3 rings (SSSR count). The summed E-state index contributed by atoms with van der Waals surface area (Å²) in [5.74, 6) is 0.209. The second kappa shape index (κ2) is 5.82. The second-order valence-corrected chi connectivity index (χ2v) is 5.07. The van der Waals surface area contributed by atoms with Crippen molar-refractivity contribution < 1.29 is 8.78 Å². The van der Waals surface area contributed by atoms with Crippen LogP contribution >= 0.6 is 11.6 Å². The van der Waals surface area contributed by atoms with E-state index in [2.05, 4.69) is 4.98 Å². The van der Waals surface area contributed by atoms with Gasteiger partial charge in [0.1, 0.15) is 17.2 Å². The topological polar surface area (TPSA) is 17.8 Å². The molecule has 5 heteroatoms. The van der Waals surface area contributed by atoms with Crippen LogP contribution in [0, 0.1) is 11.6 Å². The summed E-state index contributed by atoms with van der Waals surface area (Å²) in [5.41, 5.74) is 1.92. The van der Waals surface area contributed by atoms with Crippen LogP contribution in [0.3, 0.4) is 0 Å². The Balaban J connectivity index is 1.94. The van der Waals surface area contributed by atoms with Gasteiger partial charge in [0.15, 0.2) is 5.82 Å². The molecule has 1 aromatic heterocycles. The Labute approximate surface area is 126 Å². The van der Waals surface area contributed by atoms with Crippen LogP contribution in [-0.2, 0) is 18.8 Å². The molecular formula is C16H13ClF2N2. The van der Waals surface area contributed by atoms with Gasteiger partial charge in [0.05, 0.1) is 11.4 Å². The van der Waals surface area contributed by atoms with Gasteiger partial charge in [0.25, 0.3) is 0 Å². The maximum Gasteiger partial charge on any atom is 0.151 e. The zero-order chi connectivity index (χ0) is 14.8. The first-order valence-corrected chi connectivity index (χ1v) is 7.16. The third-order valence-corrected chi connectivity index (χ3v) is 3.68. The Bertz CT molecular complexity index is 783. The van der Waals surface area contributed by atoms with Crippen molar-refractivity contribution in [2.75, 3.05) is 0 Å². The van der Waals surface area contributed by atoms with E-state index in [9.17, 15) is 8.78 Å². The molecule has 0 aliphatic heterocycles. The number of hydrogen-bond donors (Lipinski definition) is 0. The Morgan fingerprint density at radius 2 is 1.90 bits per heavy atom. The van der Waals surface area contributed by atoms with Gasteiger partial charge >= 0.3 is 0 Å². The van der Waals surface area contributed by atoms with E-state index in [1.165, 1.54) is 18.2 Å². The van der Waals surface area contributed by atoms with Gasteiger partial charge < -0.3 is 4.57 Å². The Hall–Kier alpha value is -1.94. The summed E-state index contributed by atoms with van der Waals surface area (Å²) in [7, 11) is 0. The summed E-state index contributed by atoms with van der Waals surface area (Å²) in [6, 6.07) is 11.3. The molecule has 0 spiro atoms. The number of halogens is 3. The van der Waals surface area contributed by atoms with E-state index in [0.29, 0.717) is 29.8 Å². The summed E-state index contributed by atoms with van der Waals surface area (Å²) in [4.78, 5) is 4.24. The minimum atomic E-state index is -0.358. The fourth-order valence-corrected chi connectivity index (χ4v) is 2.65. The van der Waals surface area contributed by atoms with Crippen LogP contribution in [0.15, 0.2) is 42.5 Å². The Morgan fingerprint density at radius 3 is 2.67 bits per heavy atom. The van der Waals surface area contributed by atoms with E-state index in [-0.39, 0.29) is 17.5 Å². The van der Waals surface area contributed by atoms with Crippen LogP contribution in [0.25, 0.3) is 11.0 Å². The third-order valence-electron chi connectivity index (χ3n) is 3.44. The van der Waals surface area contributed by atoms with Gasteiger partial charge in [0.2, 0.25) is 0 Å². The molecule has 3 aromatic rings. The first kappa shape index (κ1) is 14.0. The molecule has 0 bridgehead atoms. The molecule has 0 radical (unpaired) electrons. The standard InChI is InChI=1S/C16H13ClF2N2/c17-10-15-20-16-13(19)5-2-6-14(16)21(15)8-7-11-3-1-4-12(18)9-11/h1-6,9H,7-8,10H2. The fraction of sp³-hybridized carbons (Fsp3) is 0.188. The van der Waals surface area contributed by atoms with Gasteiger partial charge in [-0.25, -0.2) is 13.8 Å². The van der Waals surface area contributed by atoms with Gasteiger partial charge in [-0.15, -0.1) is 11.6 Å². The van der Waals surface area contributed by atoms with Crippen molar-refractivity contribution in [1.29, 1.82) is 0 Å². The van der Waals surface area contributed by atoms with E-state index in [0.717, 1.165) is 5.56 Å². The number of aryl methyl sites for hydroxylation is 2. The largest absolute Gasteiger partial charge is 0.327 e. The Kier molecular flexibility index (Phi) is 3.88. The highest BCUT2D eigenvalue weighted by Crippen LogP contribution is 2.21. The number of rotatable bonds is 4. The highest BCUT2D eigenvalue weighted by Gasteiger charge is 2.12. The van der Waals surface area contributed by atoms with Crippen molar-refractivity contribution in [3.05, 3.63) is 65.5 Å². The molecule has 0 saturated carbocycles. The first-order chi connectivity index (χ1) is 10.2. The summed E-state index contributed by atoms with van der Waals surface area (Å²) in [6.45, 7) is 0.575. The number of alkyl halides is 1. The molecule has 0 N–H and O–H groups in total. The number of imidazole rings is 1. The van der Waals surface area contributed by atoms with Gasteiger partial charge in [0, 0.05) is 6.54 Å². The normalized spacial score (nSPS) is 11.2. The molecule has 0 aliphatic rings. The van der Waals surface area contributed by atoms with Crippen LogP contribution < -0.4 is 0 Å². The minimum Gasteiger partial charge on any atom is -0.327 e. The number of para-hydroxylation sites is 1.